The van der Waals surface area contributed by atoms with Gasteiger partial charge in [0, 0.05) is 11.6 Å². The molecule has 3 N–H and O–H groups in total. The molecule has 1 aliphatic carbocycles. The first-order valence-corrected chi connectivity index (χ1v) is 5.80. The molecular formula is C13H20ClNO. The summed E-state index contributed by atoms with van der Waals surface area (Å²) >= 11 is 0. The maximum Gasteiger partial charge on any atom is 0.123 e. The minimum atomic E-state index is 0. The Morgan fingerprint density at radius 2 is 2.12 bits per heavy atom. The van der Waals surface area contributed by atoms with E-state index in [0.717, 1.165) is 17.5 Å². The van der Waals surface area contributed by atoms with Gasteiger partial charge in [0.05, 0.1) is 0 Å². The zero-order valence-electron chi connectivity index (χ0n) is 9.65. The van der Waals surface area contributed by atoms with Crippen molar-refractivity contribution >= 4 is 12.4 Å². The highest BCUT2D eigenvalue weighted by Gasteiger charge is 2.27. The van der Waals surface area contributed by atoms with Gasteiger partial charge >= 0.3 is 0 Å². The van der Waals surface area contributed by atoms with E-state index in [1.165, 1.54) is 19.3 Å². The molecule has 0 radical (unpaired) electrons. The van der Waals surface area contributed by atoms with E-state index in [4.69, 9.17) is 5.73 Å². The molecule has 1 aliphatic rings. The van der Waals surface area contributed by atoms with Crippen LogP contribution in [0.1, 0.15) is 43.4 Å². The minimum absolute atomic E-state index is 0. The Kier molecular flexibility index (Phi) is 4.63. The predicted molar refractivity (Wildman–Crippen MR) is 69.0 cm³/mol. The Morgan fingerprint density at radius 1 is 1.44 bits per heavy atom. The number of hydrogen-bond donors (Lipinski definition) is 2. The topological polar surface area (TPSA) is 46.2 Å². The molecule has 0 saturated heterocycles. The number of para-hydroxylation sites is 1. The van der Waals surface area contributed by atoms with Gasteiger partial charge in [0.25, 0.3) is 0 Å². The van der Waals surface area contributed by atoms with Gasteiger partial charge in [0.15, 0.2) is 0 Å². The second kappa shape index (κ2) is 5.55. The maximum absolute atomic E-state index is 10.0. The first kappa shape index (κ1) is 13.3. The zero-order chi connectivity index (χ0) is 10.8. The summed E-state index contributed by atoms with van der Waals surface area (Å²) in [4.78, 5) is 0. The Bertz CT molecular complexity index is 350. The summed E-state index contributed by atoms with van der Waals surface area (Å²) < 4.78 is 0. The Morgan fingerprint density at radius 3 is 2.62 bits per heavy atom. The summed E-state index contributed by atoms with van der Waals surface area (Å²) in [6.07, 6.45) is 4.55. The van der Waals surface area contributed by atoms with Crippen molar-refractivity contribution in [3.63, 3.8) is 0 Å². The molecule has 2 nitrogen and oxygen atoms in total. The number of aromatic hydroxyl groups is 1. The number of benzene rings is 1. The fourth-order valence-corrected chi connectivity index (χ4v) is 2.22. The van der Waals surface area contributed by atoms with Crippen LogP contribution in [0.5, 0.6) is 5.75 Å². The number of rotatable bonds is 3. The average Bonchev–Trinajstić information content (AvgIpc) is 2.15. The van der Waals surface area contributed by atoms with Crippen LogP contribution in [0.2, 0.25) is 0 Å². The number of halogens is 1. The van der Waals surface area contributed by atoms with Gasteiger partial charge in [-0.15, -0.1) is 12.4 Å². The summed E-state index contributed by atoms with van der Waals surface area (Å²) in [7, 11) is 0. The quantitative estimate of drug-likeness (QED) is 0.854. The van der Waals surface area contributed by atoms with Crippen molar-refractivity contribution in [3.05, 3.63) is 29.3 Å². The van der Waals surface area contributed by atoms with Crippen molar-refractivity contribution < 1.29 is 5.11 Å². The van der Waals surface area contributed by atoms with Crippen LogP contribution in [0.3, 0.4) is 0 Å². The largest absolute Gasteiger partial charge is 0.507 e. The highest BCUT2D eigenvalue weighted by Crippen LogP contribution is 2.39. The van der Waals surface area contributed by atoms with E-state index in [1.807, 2.05) is 25.1 Å². The standard InChI is InChI=1S/C13H19NO.ClH/c1-2-9-5-4-8-11(13(9)15)12(14)10-6-3-7-10;/h4-5,8,10,12,15H,2-3,6-7,14H2,1H3;1H/t12-;/m0./s1. The molecule has 1 saturated carbocycles. The lowest BCUT2D eigenvalue weighted by atomic mass is 9.77. The number of hydrogen-bond acceptors (Lipinski definition) is 2. The van der Waals surface area contributed by atoms with Crippen LogP contribution < -0.4 is 5.73 Å². The predicted octanol–water partition coefficient (Wildman–Crippen LogP) is 3.18. The lowest BCUT2D eigenvalue weighted by Crippen LogP contribution is -2.26. The van der Waals surface area contributed by atoms with E-state index < -0.39 is 0 Å². The zero-order valence-corrected chi connectivity index (χ0v) is 10.5. The Labute approximate surface area is 103 Å². The van der Waals surface area contributed by atoms with Gasteiger partial charge in [-0.05, 0) is 30.7 Å². The fraction of sp³-hybridized carbons (Fsp3) is 0.538. The van der Waals surface area contributed by atoms with Crippen LogP contribution in [0.4, 0.5) is 0 Å². The maximum atomic E-state index is 10.0. The monoisotopic (exact) mass is 241 g/mol. The third-order valence-corrected chi connectivity index (χ3v) is 3.55. The van der Waals surface area contributed by atoms with E-state index in [0.29, 0.717) is 11.7 Å². The third-order valence-electron chi connectivity index (χ3n) is 3.55. The van der Waals surface area contributed by atoms with Crippen LogP contribution in [0, 0.1) is 5.92 Å². The second-order valence-corrected chi connectivity index (χ2v) is 4.43. The Balaban J connectivity index is 0.00000128. The van der Waals surface area contributed by atoms with Crippen LogP contribution in [-0.4, -0.2) is 5.11 Å². The van der Waals surface area contributed by atoms with Crippen molar-refractivity contribution in [2.24, 2.45) is 11.7 Å². The summed E-state index contributed by atoms with van der Waals surface area (Å²) in [5, 5.41) is 10.0. The summed E-state index contributed by atoms with van der Waals surface area (Å²) in [5.74, 6) is 0.988. The number of phenols is 1. The Hall–Kier alpha value is -0.730. The molecule has 0 heterocycles. The molecule has 0 bridgehead atoms. The van der Waals surface area contributed by atoms with Crippen LogP contribution in [0.25, 0.3) is 0 Å². The van der Waals surface area contributed by atoms with Crippen molar-refractivity contribution in [2.45, 2.75) is 38.6 Å². The van der Waals surface area contributed by atoms with Gasteiger partial charge in [-0.1, -0.05) is 31.5 Å². The van der Waals surface area contributed by atoms with E-state index in [1.54, 1.807) is 0 Å². The molecule has 1 aromatic carbocycles. The summed E-state index contributed by atoms with van der Waals surface area (Å²) in [6, 6.07) is 5.93. The average molecular weight is 242 g/mol. The van der Waals surface area contributed by atoms with Gasteiger partial charge in [0.2, 0.25) is 0 Å². The van der Waals surface area contributed by atoms with Crippen molar-refractivity contribution in [2.75, 3.05) is 0 Å². The lowest BCUT2D eigenvalue weighted by molar-refractivity contribution is 0.260. The van der Waals surface area contributed by atoms with E-state index in [9.17, 15) is 5.11 Å². The molecule has 16 heavy (non-hydrogen) atoms. The fourth-order valence-electron chi connectivity index (χ4n) is 2.22. The lowest BCUT2D eigenvalue weighted by Gasteiger charge is -2.32. The van der Waals surface area contributed by atoms with E-state index in [-0.39, 0.29) is 18.4 Å². The highest BCUT2D eigenvalue weighted by atomic mass is 35.5. The second-order valence-electron chi connectivity index (χ2n) is 4.43. The van der Waals surface area contributed by atoms with E-state index in [2.05, 4.69) is 0 Å². The first-order valence-electron chi connectivity index (χ1n) is 5.80. The van der Waals surface area contributed by atoms with Crippen molar-refractivity contribution in [3.8, 4) is 5.75 Å². The summed E-state index contributed by atoms with van der Waals surface area (Å²) in [5.41, 5.74) is 8.10. The molecule has 1 aromatic rings. The molecule has 0 unspecified atom stereocenters. The highest BCUT2D eigenvalue weighted by molar-refractivity contribution is 5.85. The van der Waals surface area contributed by atoms with Crippen molar-refractivity contribution in [1.29, 1.82) is 0 Å². The molecule has 90 valence electrons. The van der Waals surface area contributed by atoms with Gasteiger partial charge in [-0.25, -0.2) is 0 Å². The third kappa shape index (κ3) is 2.33. The van der Waals surface area contributed by atoms with Gasteiger partial charge in [0.1, 0.15) is 5.75 Å². The van der Waals surface area contributed by atoms with Crippen LogP contribution >= 0.6 is 12.4 Å². The van der Waals surface area contributed by atoms with Crippen LogP contribution in [0.15, 0.2) is 18.2 Å². The molecule has 0 amide bonds. The van der Waals surface area contributed by atoms with Gasteiger partial charge < -0.3 is 10.8 Å². The molecule has 0 aromatic heterocycles. The SMILES string of the molecule is CCc1cccc([C@@H](N)C2CCC2)c1O.Cl. The molecule has 2 rings (SSSR count). The van der Waals surface area contributed by atoms with E-state index >= 15 is 0 Å². The van der Waals surface area contributed by atoms with Crippen LogP contribution in [-0.2, 0) is 6.42 Å². The van der Waals surface area contributed by atoms with Crippen molar-refractivity contribution in [1.82, 2.24) is 0 Å². The molecule has 1 fully saturated rings. The smallest absolute Gasteiger partial charge is 0.123 e. The number of phenolic OH excluding ortho intramolecular Hbond substituents is 1. The summed E-state index contributed by atoms with van der Waals surface area (Å²) in [6.45, 7) is 2.05. The number of nitrogens with two attached hydrogens (primary N) is 1. The minimum Gasteiger partial charge on any atom is -0.507 e. The molecule has 1 atom stereocenters. The first-order chi connectivity index (χ1) is 7.24. The normalized spacial score (nSPS) is 17.4. The van der Waals surface area contributed by atoms with Gasteiger partial charge in [-0.2, -0.15) is 0 Å². The molecular weight excluding hydrogens is 222 g/mol. The van der Waals surface area contributed by atoms with Gasteiger partial charge in [-0.3, -0.25) is 0 Å². The molecule has 0 aliphatic heterocycles. The molecule has 3 heteroatoms. The molecule has 0 spiro atoms. The number of aryl methyl sites for hydroxylation is 1.